The molecule has 2 heterocycles. The standard InChI is InChI=1S/C16H14N2O/c1-12-10-15(19)14-8-5-9-17-16(14)18(12)11-13-6-3-2-4-7-13/h2-10H,11H2,1H3. The van der Waals surface area contributed by atoms with Crippen molar-refractivity contribution in [2.45, 2.75) is 13.5 Å². The SMILES string of the molecule is Cc1cc(=O)c2cccnc2n1Cc1ccccc1. The third-order valence-corrected chi connectivity index (χ3v) is 3.26. The molecule has 3 rings (SSSR count). The number of nitrogens with zero attached hydrogens (tertiary/aromatic N) is 2. The predicted octanol–water partition coefficient (Wildman–Crippen LogP) is 2.75. The minimum absolute atomic E-state index is 0.0323. The molecule has 3 nitrogen and oxygen atoms in total. The second-order valence-electron chi connectivity index (χ2n) is 4.60. The van der Waals surface area contributed by atoms with Gasteiger partial charge in [0, 0.05) is 24.5 Å². The summed E-state index contributed by atoms with van der Waals surface area (Å²) < 4.78 is 2.08. The molecule has 0 radical (unpaired) electrons. The first-order valence-corrected chi connectivity index (χ1v) is 6.25. The summed E-state index contributed by atoms with van der Waals surface area (Å²) in [4.78, 5) is 16.3. The highest BCUT2D eigenvalue weighted by atomic mass is 16.1. The summed E-state index contributed by atoms with van der Waals surface area (Å²) >= 11 is 0. The van der Waals surface area contributed by atoms with E-state index >= 15 is 0 Å². The van der Waals surface area contributed by atoms with Crippen molar-refractivity contribution in [3.05, 3.63) is 76.2 Å². The Bertz CT molecular complexity index is 776. The van der Waals surface area contributed by atoms with Crippen LogP contribution in [0.1, 0.15) is 11.3 Å². The lowest BCUT2D eigenvalue weighted by atomic mass is 10.2. The highest BCUT2D eigenvalue weighted by Gasteiger charge is 2.07. The summed E-state index contributed by atoms with van der Waals surface area (Å²) in [5.41, 5.74) is 2.91. The summed E-state index contributed by atoms with van der Waals surface area (Å²) in [6.07, 6.45) is 1.72. The molecule has 0 saturated heterocycles. The summed E-state index contributed by atoms with van der Waals surface area (Å²) in [6, 6.07) is 15.5. The molecule has 0 bridgehead atoms. The highest BCUT2D eigenvalue weighted by Crippen LogP contribution is 2.12. The van der Waals surface area contributed by atoms with E-state index in [-0.39, 0.29) is 5.43 Å². The number of aromatic nitrogens is 2. The second-order valence-corrected chi connectivity index (χ2v) is 4.60. The van der Waals surface area contributed by atoms with E-state index < -0.39 is 0 Å². The van der Waals surface area contributed by atoms with Crippen LogP contribution in [0.25, 0.3) is 11.0 Å². The monoisotopic (exact) mass is 250 g/mol. The topological polar surface area (TPSA) is 34.9 Å². The maximum Gasteiger partial charge on any atom is 0.191 e. The van der Waals surface area contributed by atoms with Gasteiger partial charge in [-0.25, -0.2) is 4.98 Å². The molecule has 0 aliphatic rings. The Labute approximate surface area is 111 Å². The lowest BCUT2D eigenvalue weighted by Gasteiger charge is -2.13. The van der Waals surface area contributed by atoms with Crippen LogP contribution in [0.2, 0.25) is 0 Å². The maximum absolute atomic E-state index is 12.0. The van der Waals surface area contributed by atoms with Gasteiger partial charge in [0.1, 0.15) is 5.65 Å². The number of benzene rings is 1. The smallest absolute Gasteiger partial charge is 0.191 e. The number of hydrogen-bond donors (Lipinski definition) is 0. The van der Waals surface area contributed by atoms with Gasteiger partial charge in [0.15, 0.2) is 5.43 Å². The van der Waals surface area contributed by atoms with Crippen LogP contribution in [0.3, 0.4) is 0 Å². The van der Waals surface area contributed by atoms with Crippen molar-refractivity contribution >= 4 is 11.0 Å². The fourth-order valence-electron chi connectivity index (χ4n) is 2.28. The van der Waals surface area contributed by atoms with E-state index in [2.05, 4.69) is 21.7 Å². The lowest BCUT2D eigenvalue weighted by molar-refractivity contribution is 0.781. The molecule has 0 N–H and O–H groups in total. The third-order valence-electron chi connectivity index (χ3n) is 3.26. The molecule has 0 unspecified atom stereocenters. The van der Waals surface area contributed by atoms with Crippen LogP contribution < -0.4 is 5.43 Å². The number of rotatable bonds is 2. The van der Waals surface area contributed by atoms with E-state index in [9.17, 15) is 4.79 Å². The van der Waals surface area contributed by atoms with Crippen LogP contribution in [0, 0.1) is 6.92 Å². The van der Waals surface area contributed by atoms with Crippen molar-refractivity contribution in [3.63, 3.8) is 0 Å². The zero-order valence-corrected chi connectivity index (χ0v) is 10.7. The molecule has 19 heavy (non-hydrogen) atoms. The Balaban J connectivity index is 2.21. The molecule has 1 aromatic carbocycles. The molecule has 0 aliphatic carbocycles. The van der Waals surface area contributed by atoms with E-state index in [1.54, 1.807) is 18.3 Å². The molecule has 0 saturated carbocycles. The first-order valence-electron chi connectivity index (χ1n) is 6.25. The number of hydrogen-bond acceptors (Lipinski definition) is 2. The van der Waals surface area contributed by atoms with Gasteiger partial charge < -0.3 is 4.57 Å². The Morgan fingerprint density at radius 3 is 2.68 bits per heavy atom. The van der Waals surface area contributed by atoms with Crippen LogP contribution in [0.5, 0.6) is 0 Å². The Morgan fingerprint density at radius 1 is 1.11 bits per heavy atom. The number of fused-ring (bicyclic) bond motifs is 1. The molecule has 94 valence electrons. The fourth-order valence-corrected chi connectivity index (χ4v) is 2.28. The van der Waals surface area contributed by atoms with Crippen LogP contribution in [-0.2, 0) is 6.54 Å². The van der Waals surface area contributed by atoms with E-state index in [4.69, 9.17) is 0 Å². The summed E-state index contributed by atoms with van der Waals surface area (Å²) in [7, 11) is 0. The van der Waals surface area contributed by atoms with Gasteiger partial charge in [-0.05, 0) is 24.6 Å². The molecular formula is C16H14N2O. The molecule has 0 fully saturated rings. The molecular weight excluding hydrogens is 236 g/mol. The van der Waals surface area contributed by atoms with Gasteiger partial charge in [-0.2, -0.15) is 0 Å². The zero-order chi connectivity index (χ0) is 13.2. The first-order chi connectivity index (χ1) is 9.25. The second kappa shape index (κ2) is 4.69. The average molecular weight is 250 g/mol. The average Bonchev–Trinajstić information content (AvgIpc) is 2.45. The van der Waals surface area contributed by atoms with E-state index in [0.717, 1.165) is 17.9 Å². The van der Waals surface area contributed by atoms with Gasteiger partial charge in [0.2, 0.25) is 0 Å². The predicted molar refractivity (Wildman–Crippen MR) is 76.3 cm³/mol. The van der Waals surface area contributed by atoms with Gasteiger partial charge >= 0.3 is 0 Å². The van der Waals surface area contributed by atoms with E-state index in [1.165, 1.54) is 5.56 Å². The highest BCUT2D eigenvalue weighted by molar-refractivity contribution is 5.75. The maximum atomic E-state index is 12.0. The fraction of sp³-hybridized carbons (Fsp3) is 0.125. The molecule has 0 aliphatic heterocycles. The zero-order valence-electron chi connectivity index (χ0n) is 10.7. The Kier molecular flexibility index (Phi) is 2.88. The molecule has 3 heteroatoms. The third kappa shape index (κ3) is 2.15. The van der Waals surface area contributed by atoms with Crippen molar-refractivity contribution in [1.29, 1.82) is 0 Å². The minimum atomic E-state index is 0.0323. The number of aryl methyl sites for hydroxylation is 1. The van der Waals surface area contributed by atoms with Gasteiger partial charge in [-0.15, -0.1) is 0 Å². The Hall–Kier alpha value is -2.42. The molecule has 2 aromatic heterocycles. The van der Waals surface area contributed by atoms with Gasteiger partial charge in [0.05, 0.1) is 5.39 Å². The largest absolute Gasteiger partial charge is 0.325 e. The summed E-state index contributed by atoms with van der Waals surface area (Å²) in [5.74, 6) is 0. The first kappa shape index (κ1) is 11.7. The van der Waals surface area contributed by atoms with Gasteiger partial charge in [-0.1, -0.05) is 30.3 Å². The normalized spacial score (nSPS) is 10.8. The molecule has 0 amide bonds. The summed E-state index contributed by atoms with van der Waals surface area (Å²) in [5, 5.41) is 0.670. The molecule has 0 spiro atoms. The van der Waals surface area contributed by atoms with E-state index in [1.807, 2.05) is 31.2 Å². The van der Waals surface area contributed by atoms with E-state index in [0.29, 0.717) is 5.39 Å². The van der Waals surface area contributed by atoms with Crippen molar-refractivity contribution in [3.8, 4) is 0 Å². The lowest BCUT2D eigenvalue weighted by Crippen LogP contribution is -2.13. The van der Waals surface area contributed by atoms with Crippen LogP contribution >= 0.6 is 0 Å². The Morgan fingerprint density at radius 2 is 1.89 bits per heavy atom. The van der Waals surface area contributed by atoms with Crippen molar-refractivity contribution < 1.29 is 0 Å². The van der Waals surface area contributed by atoms with Gasteiger partial charge in [0.25, 0.3) is 0 Å². The van der Waals surface area contributed by atoms with Crippen molar-refractivity contribution in [1.82, 2.24) is 9.55 Å². The quantitative estimate of drug-likeness (QED) is 0.701. The summed E-state index contributed by atoms with van der Waals surface area (Å²) in [6.45, 7) is 2.67. The van der Waals surface area contributed by atoms with Crippen molar-refractivity contribution in [2.24, 2.45) is 0 Å². The molecule has 3 aromatic rings. The number of pyridine rings is 2. The van der Waals surface area contributed by atoms with Crippen LogP contribution in [0.15, 0.2) is 59.5 Å². The molecule has 0 atom stereocenters. The van der Waals surface area contributed by atoms with Crippen molar-refractivity contribution in [2.75, 3.05) is 0 Å². The van der Waals surface area contributed by atoms with Crippen LogP contribution in [0.4, 0.5) is 0 Å². The minimum Gasteiger partial charge on any atom is -0.325 e. The van der Waals surface area contributed by atoms with Crippen LogP contribution in [-0.4, -0.2) is 9.55 Å². The van der Waals surface area contributed by atoms with Gasteiger partial charge in [-0.3, -0.25) is 4.79 Å².